The third kappa shape index (κ3) is 4.33. The topological polar surface area (TPSA) is 50.5 Å². The molecular weight excluding hydrogens is 368 g/mol. The lowest BCUT2D eigenvalue weighted by Crippen LogP contribution is -2.32. The van der Waals surface area contributed by atoms with E-state index in [1.54, 1.807) is 6.07 Å². The molecule has 0 N–H and O–H groups in total. The van der Waals surface area contributed by atoms with Crippen LogP contribution in [0, 0.1) is 11.6 Å². The Kier molecular flexibility index (Phi) is 5.31. The van der Waals surface area contributed by atoms with Crippen LogP contribution in [-0.4, -0.2) is 19.3 Å². The average molecular weight is 383 g/mol. The lowest BCUT2D eigenvalue weighted by Gasteiger charge is -2.21. The van der Waals surface area contributed by atoms with Crippen molar-refractivity contribution in [3.05, 3.63) is 76.4 Å². The van der Waals surface area contributed by atoms with Crippen LogP contribution in [0.1, 0.15) is 10.4 Å². The minimum Gasteiger partial charge on any atom is -0.472 e. The van der Waals surface area contributed by atoms with Crippen molar-refractivity contribution in [1.29, 1.82) is 0 Å². The number of halogens is 2. The molecule has 0 bridgehead atoms. The third-order valence-electron chi connectivity index (χ3n) is 3.60. The summed E-state index contributed by atoms with van der Waals surface area (Å²) in [5, 5.41) is 1.91. The molecule has 0 saturated heterocycles. The summed E-state index contributed by atoms with van der Waals surface area (Å²) in [6.45, 7) is 0.245. The molecule has 0 spiro atoms. The van der Waals surface area contributed by atoms with E-state index in [9.17, 15) is 17.2 Å². The Bertz CT molecular complexity index is 903. The van der Waals surface area contributed by atoms with Crippen molar-refractivity contribution in [1.82, 2.24) is 4.31 Å². The Morgan fingerprint density at radius 2 is 1.88 bits per heavy atom. The van der Waals surface area contributed by atoms with Gasteiger partial charge in [0.2, 0.25) is 10.0 Å². The maximum Gasteiger partial charge on any atom is 0.243 e. The zero-order valence-corrected chi connectivity index (χ0v) is 14.7. The first-order valence-corrected chi connectivity index (χ1v) is 9.77. The highest BCUT2D eigenvalue weighted by atomic mass is 32.2. The number of hydrogen-bond donors (Lipinski definition) is 0. The molecule has 2 aromatic heterocycles. The zero-order valence-electron chi connectivity index (χ0n) is 13.1. The Hall–Kier alpha value is -2.03. The molecule has 0 radical (unpaired) electrons. The van der Waals surface area contributed by atoms with Crippen LogP contribution in [-0.2, 0) is 23.0 Å². The quantitative estimate of drug-likeness (QED) is 0.618. The van der Waals surface area contributed by atoms with E-state index >= 15 is 0 Å². The van der Waals surface area contributed by atoms with Gasteiger partial charge in [0.1, 0.15) is 11.6 Å². The summed E-state index contributed by atoms with van der Waals surface area (Å²) in [7, 11) is -4.06. The van der Waals surface area contributed by atoms with Crippen molar-refractivity contribution in [2.24, 2.45) is 0 Å². The smallest absolute Gasteiger partial charge is 0.243 e. The van der Waals surface area contributed by atoms with Gasteiger partial charge < -0.3 is 4.42 Å². The van der Waals surface area contributed by atoms with E-state index in [4.69, 9.17) is 4.42 Å². The fourth-order valence-electron chi connectivity index (χ4n) is 2.39. The summed E-state index contributed by atoms with van der Waals surface area (Å²) < 4.78 is 58.9. The Morgan fingerprint density at radius 3 is 2.48 bits per heavy atom. The Morgan fingerprint density at radius 1 is 1.12 bits per heavy atom. The minimum atomic E-state index is -4.06. The number of rotatable bonds is 7. The first-order valence-electron chi connectivity index (χ1n) is 7.45. The second-order valence-electron chi connectivity index (χ2n) is 5.40. The maximum absolute atomic E-state index is 13.5. The molecule has 2 heterocycles. The lowest BCUT2D eigenvalue weighted by atomic mass is 10.3. The molecule has 0 fully saturated rings. The van der Waals surface area contributed by atoms with E-state index in [2.05, 4.69) is 0 Å². The first-order chi connectivity index (χ1) is 11.9. The molecule has 25 heavy (non-hydrogen) atoms. The van der Waals surface area contributed by atoms with Crippen LogP contribution in [0.25, 0.3) is 0 Å². The van der Waals surface area contributed by atoms with E-state index in [1.165, 1.54) is 28.2 Å². The fourth-order valence-corrected chi connectivity index (χ4v) is 4.56. The van der Waals surface area contributed by atoms with E-state index < -0.39 is 26.6 Å². The van der Waals surface area contributed by atoms with E-state index in [0.717, 1.165) is 17.0 Å². The molecule has 0 unspecified atom stereocenters. The molecule has 3 aromatic rings. The summed E-state index contributed by atoms with van der Waals surface area (Å²) >= 11 is 1.52. The van der Waals surface area contributed by atoms with Gasteiger partial charge in [0.25, 0.3) is 0 Å². The highest BCUT2D eigenvalue weighted by Gasteiger charge is 2.26. The highest BCUT2D eigenvalue weighted by molar-refractivity contribution is 7.89. The van der Waals surface area contributed by atoms with Gasteiger partial charge >= 0.3 is 0 Å². The van der Waals surface area contributed by atoms with Crippen molar-refractivity contribution in [2.75, 3.05) is 6.54 Å². The lowest BCUT2D eigenvalue weighted by molar-refractivity contribution is 0.407. The van der Waals surface area contributed by atoms with Crippen molar-refractivity contribution in [3.8, 4) is 0 Å². The van der Waals surface area contributed by atoms with Crippen molar-refractivity contribution >= 4 is 21.4 Å². The molecule has 0 aliphatic heterocycles. The number of sulfonamides is 1. The summed E-state index contributed by atoms with van der Waals surface area (Å²) in [4.78, 5) is 0.623. The second kappa shape index (κ2) is 7.47. The number of nitrogens with zero attached hydrogens (tertiary/aromatic N) is 1. The van der Waals surface area contributed by atoms with Crippen LogP contribution in [0.4, 0.5) is 8.78 Å². The molecule has 0 aliphatic rings. The van der Waals surface area contributed by atoms with Gasteiger partial charge in [-0.1, -0.05) is 6.07 Å². The predicted octanol–water partition coefficient (Wildman–Crippen LogP) is 4.05. The van der Waals surface area contributed by atoms with Gasteiger partial charge in [0, 0.05) is 29.6 Å². The fraction of sp³-hybridized carbons (Fsp3) is 0.176. The summed E-state index contributed by atoms with van der Waals surface area (Å²) in [5.41, 5.74) is 0.659. The standard InChI is InChI=1S/C17H15F2NO3S2/c18-14-8-15(19)10-17(9-14)25(21,22)20(11-13-4-6-23-12-13)5-3-16-2-1-7-24-16/h1-2,4,6-10,12H,3,5,11H2. The van der Waals surface area contributed by atoms with Crippen molar-refractivity contribution in [2.45, 2.75) is 17.9 Å². The van der Waals surface area contributed by atoms with Gasteiger partial charge in [-0.25, -0.2) is 17.2 Å². The highest BCUT2D eigenvalue weighted by Crippen LogP contribution is 2.22. The van der Waals surface area contributed by atoms with Crippen molar-refractivity contribution in [3.63, 3.8) is 0 Å². The molecule has 0 saturated carbocycles. The number of hydrogen-bond acceptors (Lipinski definition) is 4. The van der Waals surface area contributed by atoms with Gasteiger partial charge in [-0.2, -0.15) is 4.31 Å². The SMILES string of the molecule is O=S(=O)(c1cc(F)cc(F)c1)N(CCc1cccs1)Cc1ccoc1. The molecule has 0 amide bonds. The van der Waals surface area contributed by atoms with Crippen molar-refractivity contribution < 1.29 is 21.6 Å². The van der Waals surface area contributed by atoms with E-state index in [-0.39, 0.29) is 13.1 Å². The van der Waals surface area contributed by atoms with Gasteiger partial charge in [-0.05, 0) is 36.1 Å². The van der Waals surface area contributed by atoms with Crippen LogP contribution >= 0.6 is 11.3 Å². The van der Waals surface area contributed by atoms with Gasteiger partial charge in [-0.15, -0.1) is 11.3 Å². The van der Waals surface area contributed by atoms with Crippen LogP contribution < -0.4 is 0 Å². The van der Waals surface area contributed by atoms with Gasteiger partial charge in [0.05, 0.1) is 17.4 Å². The summed E-state index contributed by atoms with van der Waals surface area (Å²) in [6.07, 6.45) is 3.40. The number of thiophene rings is 1. The average Bonchev–Trinajstić information content (AvgIpc) is 3.24. The summed E-state index contributed by atoms with van der Waals surface area (Å²) in [6, 6.07) is 7.74. The molecule has 8 heteroatoms. The second-order valence-corrected chi connectivity index (χ2v) is 8.37. The normalized spacial score (nSPS) is 12.0. The van der Waals surface area contributed by atoms with Crippen LogP contribution in [0.5, 0.6) is 0 Å². The molecule has 0 aliphatic carbocycles. The first kappa shape index (κ1) is 17.8. The van der Waals surface area contributed by atoms with Crippen LogP contribution in [0.2, 0.25) is 0 Å². The molecule has 132 valence electrons. The predicted molar refractivity (Wildman–Crippen MR) is 90.7 cm³/mol. The number of benzene rings is 1. The minimum absolute atomic E-state index is 0.0579. The van der Waals surface area contributed by atoms with Crippen LogP contribution in [0.15, 0.2) is 63.6 Å². The summed E-state index contributed by atoms with van der Waals surface area (Å²) in [5.74, 6) is -1.86. The largest absolute Gasteiger partial charge is 0.472 e. The molecule has 1 aromatic carbocycles. The van der Waals surface area contributed by atoms with Crippen LogP contribution in [0.3, 0.4) is 0 Å². The Labute approximate surface area is 148 Å². The third-order valence-corrected chi connectivity index (χ3v) is 6.36. The van der Waals surface area contributed by atoms with E-state index in [0.29, 0.717) is 18.1 Å². The monoisotopic (exact) mass is 383 g/mol. The zero-order chi connectivity index (χ0) is 17.9. The molecular formula is C17H15F2NO3S2. The molecule has 0 atom stereocenters. The maximum atomic E-state index is 13.5. The van der Waals surface area contributed by atoms with Gasteiger partial charge in [0.15, 0.2) is 0 Å². The van der Waals surface area contributed by atoms with E-state index in [1.807, 2.05) is 17.5 Å². The number of furan rings is 1. The Balaban J connectivity index is 1.90. The molecule has 3 rings (SSSR count). The van der Waals surface area contributed by atoms with Gasteiger partial charge in [-0.3, -0.25) is 0 Å². The molecule has 4 nitrogen and oxygen atoms in total.